The van der Waals surface area contributed by atoms with E-state index in [1.807, 2.05) is 0 Å². The van der Waals surface area contributed by atoms with Gasteiger partial charge in [-0.05, 0) is 30.7 Å². The summed E-state index contributed by atoms with van der Waals surface area (Å²) in [7, 11) is 0. The van der Waals surface area contributed by atoms with Crippen LogP contribution in [0.5, 0.6) is 0 Å². The molecule has 0 spiro atoms. The summed E-state index contributed by atoms with van der Waals surface area (Å²) in [5.74, 6) is 0. The summed E-state index contributed by atoms with van der Waals surface area (Å²) in [4.78, 5) is 2.10. The second kappa shape index (κ2) is 7.02. The molecule has 1 nitrogen and oxygen atoms in total. The fraction of sp³-hybridized carbons (Fsp3) is 0.538. The third-order valence-electron chi connectivity index (χ3n) is 2.70. The zero-order valence-corrected chi connectivity index (χ0v) is 11.9. The maximum Gasteiger partial charge on any atom is 0.416 e. The molecule has 0 bridgehead atoms. The van der Waals surface area contributed by atoms with Crippen LogP contribution in [0, 0.1) is 0 Å². The summed E-state index contributed by atoms with van der Waals surface area (Å²) in [6, 6.07) is 5.37. The molecular weight excluding hydrogens is 307 g/mol. The second-order valence-electron chi connectivity index (χ2n) is 4.07. The molecule has 0 aromatic heterocycles. The van der Waals surface area contributed by atoms with Gasteiger partial charge in [0.25, 0.3) is 0 Å². The molecule has 0 aliphatic rings. The zero-order chi connectivity index (χ0) is 13.6. The first-order chi connectivity index (χ1) is 8.49. The number of anilines is 1. The Labute approximate surface area is 114 Å². The van der Waals surface area contributed by atoms with Gasteiger partial charge in [0.2, 0.25) is 0 Å². The van der Waals surface area contributed by atoms with Crippen molar-refractivity contribution in [1.82, 2.24) is 0 Å². The van der Waals surface area contributed by atoms with Gasteiger partial charge in [-0.3, -0.25) is 0 Å². The van der Waals surface area contributed by atoms with E-state index in [0.717, 1.165) is 49.1 Å². The fourth-order valence-electron chi connectivity index (χ4n) is 1.68. The number of benzene rings is 1. The Morgan fingerprint density at radius 3 is 2.17 bits per heavy atom. The molecule has 5 heteroatoms. The molecule has 1 aromatic rings. The first-order valence-electron chi connectivity index (χ1n) is 5.97. The third-order valence-corrected chi connectivity index (χ3v) is 3.05. The highest BCUT2D eigenvalue weighted by molar-refractivity contribution is 9.09. The van der Waals surface area contributed by atoms with E-state index in [0.29, 0.717) is 0 Å². The molecule has 0 unspecified atom stereocenters. The smallest absolute Gasteiger partial charge is 0.371 e. The molecule has 1 aromatic carbocycles. The van der Waals surface area contributed by atoms with Crippen LogP contribution in [-0.4, -0.2) is 18.4 Å². The number of hydrogen-bond donors (Lipinski definition) is 0. The Bertz CT molecular complexity index is 348. The van der Waals surface area contributed by atoms with Crippen molar-refractivity contribution >= 4 is 21.6 Å². The highest BCUT2D eigenvalue weighted by Gasteiger charge is 2.30. The maximum absolute atomic E-state index is 12.5. The van der Waals surface area contributed by atoms with Gasteiger partial charge in [-0.15, -0.1) is 0 Å². The van der Waals surface area contributed by atoms with E-state index in [-0.39, 0.29) is 0 Å². The summed E-state index contributed by atoms with van der Waals surface area (Å²) in [5, 5.41) is 0.803. The minimum absolute atomic E-state index is 0.597. The lowest BCUT2D eigenvalue weighted by atomic mass is 10.2. The molecule has 0 saturated carbocycles. The molecule has 1 rings (SSSR count). The van der Waals surface area contributed by atoms with Gasteiger partial charge in [-0.1, -0.05) is 29.3 Å². The van der Waals surface area contributed by atoms with E-state index in [1.54, 1.807) is 12.1 Å². The first-order valence-corrected chi connectivity index (χ1v) is 7.09. The minimum atomic E-state index is -4.26. The highest BCUT2D eigenvalue weighted by atomic mass is 79.9. The van der Waals surface area contributed by atoms with Gasteiger partial charge in [0.15, 0.2) is 0 Å². The number of nitrogens with zero attached hydrogens (tertiary/aromatic N) is 1. The molecule has 0 atom stereocenters. The van der Waals surface area contributed by atoms with E-state index in [9.17, 15) is 13.2 Å². The topological polar surface area (TPSA) is 3.24 Å². The van der Waals surface area contributed by atoms with Crippen molar-refractivity contribution in [2.45, 2.75) is 25.9 Å². The molecule has 18 heavy (non-hydrogen) atoms. The number of alkyl halides is 4. The Morgan fingerprint density at radius 2 is 1.72 bits per heavy atom. The Kier molecular flexibility index (Phi) is 5.99. The van der Waals surface area contributed by atoms with Gasteiger partial charge in [0.1, 0.15) is 0 Å². The average molecular weight is 324 g/mol. The molecule has 0 aliphatic carbocycles. The lowest BCUT2D eigenvalue weighted by Gasteiger charge is -2.24. The lowest BCUT2D eigenvalue weighted by Crippen LogP contribution is -2.26. The van der Waals surface area contributed by atoms with Crippen molar-refractivity contribution in [2.75, 3.05) is 23.3 Å². The molecule has 0 heterocycles. The van der Waals surface area contributed by atoms with E-state index in [2.05, 4.69) is 27.8 Å². The van der Waals surface area contributed by atoms with Gasteiger partial charge in [-0.25, -0.2) is 0 Å². The average Bonchev–Trinajstić information content (AvgIpc) is 2.33. The van der Waals surface area contributed by atoms with Crippen LogP contribution in [0.15, 0.2) is 24.3 Å². The molecule has 0 radical (unpaired) electrons. The molecule has 0 saturated heterocycles. The van der Waals surface area contributed by atoms with Gasteiger partial charge >= 0.3 is 6.18 Å². The first kappa shape index (κ1) is 15.3. The van der Waals surface area contributed by atoms with Gasteiger partial charge in [-0.2, -0.15) is 13.2 Å². The number of halogens is 4. The van der Waals surface area contributed by atoms with E-state index >= 15 is 0 Å². The molecule has 0 amide bonds. The minimum Gasteiger partial charge on any atom is -0.371 e. The Hall–Kier alpha value is -0.710. The Morgan fingerprint density at radius 1 is 1.11 bits per heavy atom. The summed E-state index contributed by atoms with van der Waals surface area (Å²) in [5.41, 5.74) is 0.247. The normalized spacial score (nSPS) is 11.6. The quantitative estimate of drug-likeness (QED) is 0.685. The summed E-state index contributed by atoms with van der Waals surface area (Å²) in [6.45, 7) is 3.76. The monoisotopic (exact) mass is 323 g/mol. The third kappa shape index (κ3) is 4.52. The van der Waals surface area contributed by atoms with Crippen LogP contribution in [0.25, 0.3) is 0 Å². The van der Waals surface area contributed by atoms with Crippen molar-refractivity contribution < 1.29 is 13.2 Å². The fourth-order valence-corrected chi connectivity index (χ4v) is 2.11. The standard InChI is InChI=1S/C13H17BrF3N/c1-2-3-9-18(10-8-14)12-6-4-11(5-7-12)13(15,16)17/h4-7H,2-3,8-10H2,1H3. The maximum atomic E-state index is 12.5. The predicted octanol–water partition coefficient (Wildman–Crippen LogP) is 4.71. The predicted molar refractivity (Wildman–Crippen MR) is 72.4 cm³/mol. The van der Waals surface area contributed by atoms with E-state index in [4.69, 9.17) is 0 Å². The summed E-state index contributed by atoms with van der Waals surface area (Å²) < 4.78 is 37.4. The number of rotatable bonds is 6. The van der Waals surface area contributed by atoms with E-state index in [1.165, 1.54) is 0 Å². The molecule has 0 N–H and O–H groups in total. The zero-order valence-electron chi connectivity index (χ0n) is 10.3. The largest absolute Gasteiger partial charge is 0.416 e. The van der Waals surface area contributed by atoms with Crippen LogP contribution in [0.2, 0.25) is 0 Å². The van der Waals surface area contributed by atoms with Crippen molar-refractivity contribution in [2.24, 2.45) is 0 Å². The lowest BCUT2D eigenvalue weighted by molar-refractivity contribution is -0.137. The van der Waals surface area contributed by atoms with Crippen molar-refractivity contribution in [3.63, 3.8) is 0 Å². The van der Waals surface area contributed by atoms with Gasteiger partial charge < -0.3 is 4.90 Å². The molecule has 0 aliphatic heterocycles. The SMILES string of the molecule is CCCCN(CCBr)c1ccc(C(F)(F)F)cc1. The summed E-state index contributed by atoms with van der Waals surface area (Å²) in [6.07, 6.45) is -2.16. The van der Waals surface area contributed by atoms with Crippen LogP contribution in [0.1, 0.15) is 25.3 Å². The molecule has 102 valence electrons. The Balaban J connectivity index is 2.79. The highest BCUT2D eigenvalue weighted by Crippen LogP contribution is 2.30. The van der Waals surface area contributed by atoms with Crippen LogP contribution in [0.3, 0.4) is 0 Å². The summed E-state index contributed by atoms with van der Waals surface area (Å²) >= 11 is 3.36. The van der Waals surface area contributed by atoms with Crippen molar-refractivity contribution in [1.29, 1.82) is 0 Å². The van der Waals surface area contributed by atoms with Gasteiger partial charge in [0, 0.05) is 24.1 Å². The molecule has 0 fully saturated rings. The number of hydrogen-bond acceptors (Lipinski definition) is 1. The van der Waals surface area contributed by atoms with E-state index < -0.39 is 11.7 Å². The number of unbranched alkanes of at least 4 members (excludes halogenated alkanes) is 1. The second-order valence-corrected chi connectivity index (χ2v) is 4.87. The van der Waals surface area contributed by atoms with Crippen LogP contribution < -0.4 is 4.90 Å². The molecular formula is C13H17BrF3N. The van der Waals surface area contributed by atoms with Crippen molar-refractivity contribution in [3.05, 3.63) is 29.8 Å². The van der Waals surface area contributed by atoms with Crippen LogP contribution in [-0.2, 0) is 6.18 Å². The van der Waals surface area contributed by atoms with Crippen LogP contribution >= 0.6 is 15.9 Å². The van der Waals surface area contributed by atoms with Crippen molar-refractivity contribution in [3.8, 4) is 0 Å². The van der Waals surface area contributed by atoms with Gasteiger partial charge in [0.05, 0.1) is 5.56 Å². The van der Waals surface area contributed by atoms with Crippen LogP contribution in [0.4, 0.5) is 18.9 Å².